The lowest BCUT2D eigenvalue weighted by molar-refractivity contribution is -0.137. The number of rotatable bonds is 4. The summed E-state index contributed by atoms with van der Waals surface area (Å²) in [5.74, 6) is 0.544. The number of fused-ring (bicyclic) bond motifs is 1. The highest BCUT2D eigenvalue weighted by molar-refractivity contribution is 6.30. The van der Waals surface area contributed by atoms with Crippen molar-refractivity contribution in [3.63, 3.8) is 0 Å². The Hall–Kier alpha value is -2.34. The first-order chi connectivity index (χ1) is 10.1. The molecule has 0 radical (unpaired) electrons. The maximum Gasteiger partial charge on any atom is 0.303 e. The van der Waals surface area contributed by atoms with Crippen LogP contribution in [-0.4, -0.2) is 27.8 Å². The van der Waals surface area contributed by atoms with Crippen LogP contribution in [0.25, 0.3) is 11.6 Å². The Labute approximate surface area is 125 Å². The zero-order valence-corrected chi connectivity index (χ0v) is 11.6. The summed E-state index contributed by atoms with van der Waals surface area (Å²) >= 11 is 5.96. The molecule has 0 atom stereocenters. The van der Waals surface area contributed by atoms with Gasteiger partial charge < -0.3 is 14.4 Å². The quantitative estimate of drug-likeness (QED) is 0.934. The van der Waals surface area contributed by atoms with Crippen LogP contribution in [0.1, 0.15) is 23.7 Å². The molecule has 6 nitrogen and oxygen atoms in total. The minimum atomic E-state index is -0.904. The van der Waals surface area contributed by atoms with E-state index in [4.69, 9.17) is 26.0 Å². The molecule has 3 rings (SSSR count). The van der Waals surface area contributed by atoms with E-state index in [-0.39, 0.29) is 12.8 Å². The molecule has 2 heterocycles. The van der Waals surface area contributed by atoms with Gasteiger partial charge in [-0.1, -0.05) is 16.8 Å². The number of carboxylic acid groups (broad SMARTS) is 1. The molecule has 0 unspecified atom stereocenters. The summed E-state index contributed by atoms with van der Waals surface area (Å²) in [5.41, 5.74) is 1.61. The number of aliphatic carboxylic acids is 1. The molecule has 21 heavy (non-hydrogen) atoms. The highest BCUT2D eigenvalue weighted by Crippen LogP contribution is 2.31. The van der Waals surface area contributed by atoms with Gasteiger partial charge in [-0.2, -0.15) is 4.98 Å². The first-order valence-corrected chi connectivity index (χ1v) is 6.67. The lowest BCUT2D eigenvalue weighted by Gasteiger charge is -2.16. The van der Waals surface area contributed by atoms with Crippen molar-refractivity contribution in [3.05, 3.63) is 40.5 Å². The van der Waals surface area contributed by atoms with E-state index >= 15 is 0 Å². The van der Waals surface area contributed by atoms with Crippen molar-refractivity contribution < 1.29 is 19.2 Å². The molecular weight excluding hydrogens is 296 g/mol. The Morgan fingerprint density at radius 1 is 1.43 bits per heavy atom. The summed E-state index contributed by atoms with van der Waals surface area (Å²) in [6.07, 6.45) is 2.05. The zero-order chi connectivity index (χ0) is 14.8. The first kappa shape index (κ1) is 13.6. The topological polar surface area (TPSA) is 85.5 Å². The number of nitrogens with zero attached hydrogens (tertiary/aromatic N) is 2. The predicted octanol–water partition coefficient (Wildman–Crippen LogP) is 2.67. The molecule has 0 spiro atoms. The summed E-state index contributed by atoms with van der Waals surface area (Å²) in [6, 6.07) is 5.36. The molecule has 0 bridgehead atoms. The molecule has 2 aromatic rings. The molecule has 1 aromatic carbocycles. The summed E-state index contributed by atoms with van der Waals surface area (Å²) in [5, 5.41) is 13.1. The predicted molar refractivity (Wildman–Crippen MR) is 75.1 cm³/mol. The van der Waals surface area contributed by atoms with Crippen LogP contribution in [0.5, 0.6) is 5.75 Å². The molecule has 108 valence electrons. The van der Waals surface area contributed by atoms with Gasteiger partial charge in [-0.15, -0.1) is 0 Å². The lowest BCUT2D eigenvalue weighted by atomic mass is 10.1. The van der Waals surface area contributed by atoms with Gasteiger partial charge in [0.05, 0.1) is 6.42 Å². The Kier molecular flexibility index (Phi) is 3.62. The van der Waals surface area contributed by atoms with Crippen LogP contribution in [0.15, 0.2) is 22.7 Å². The first-order valence-electron chi connectivity index (χ1n) is 6.29. The standard InChI is InChI=1S/C14H11ClN2O4/c15-10-1-2-11-8(6-10)5-9(7-20-11)14-16-12(21-17-14)3-4-13(18)19/h1-2,5-6H,3-4,7H2,(H,18,19). The third-order valence-electron chi connectivity index (χ3n) is 2.99. The number of aromatic nitrogens is 2. The average Bonchev–Trinajstić information content (AvgIpc) is 2.93. The second-order valence-electron chi connectivity index (χ2n) is 4.55. The molecular formula is C14H11ClN2O4. The number of carboxylic acids is 1. The van der Waals surface area contributed by atoms with Crippen molar-refractivity contribution in [2.75, 3.05) is 6.61 Å². The zero-order valence-electron chi connectivity index (χ0n) is 10.9. The van der Waals surface area contributed by atoms with Crippen LogP contribution in [0.2, 0.25) is 5.02 Å². The smallest absolute Gasteiger partial charge is 0.303 e. The maximum absolute atomic E-state index is 10.5. The summed E-state index contributed by atoms with van der Waals surface area (Å²) < 4.78 is 10.6. The second-order valence-corrected chi connectivity index (χ2v) is 4.98. The van der Waals surface area contributed by atoms with Crippen molar-refractivity contribution in [1.29, 1.82) is 0 Å². The van der Waals surface area contributed by atoms with E-state index in [1.165, 1.54) is 0 Å². The van der Waals surface area contributed by atoms with Crippen LogP contribution in [0.3, 0.4) is 0 Å². The fourth-order valence-electron chi connectivity index (χ4n) is 1.98. The summed E-state index contributed by atoms with van der Waals surface area (Å²) in [6.45, 7) is 0.326. The molecule has 1 N–H and O–H groups in total. The van der Waals surface area contributed by atoms with Gasteiger partial charge in [-0.05, 0) is 24.3 Å². The van der Waals surface area contributed by atoms with E-state index in [2.05, 4.69) is 10.1 Å². The van der Waals surface area contributed by atoms with Crippen molar-refractivity contribution in [3.8, 4) is 5.75 Å². The molecule has 0 saturated carbocycles. The summed E-state index contributed by atoms with van der Waals surface area (Å²) in [4.78, 5) is 14.7. The molecule has 1 aromatic heterocycles. The van der Waals surface area contributed by atoms with Gasteiger partial charge in [0.15, 0.2) is 0 Å². The largest absolute Gasteiger partial charge is 0.488 e. The van der Waals surface area contributed by atoms with Gasteiger partial charge >= 0.3 is 5.97 Å². The molecule has 0 fully saturated rings. The fraction of sp³-hybridized carbons (Fsp3) is 0.214. The van der Waals surface area contributed by atoms with Crippen molar-refractivity contribution >= 4 is 29.2 Å². The minimum absolute atomic E-state index is 0.0460. The SMILES string of the molecule is O=C(O)CCc1nc(C2=Cc3cc(Cl)ccc3OC2)no1. The van der Waals surface area contributed by atoms with Crippen molar-refractivity contribution in [1.82, 2.24) is 10.1 Å². The molecule has 0 saturated heterocycles. The Morgan fingerprint density at radius 2 is 2.29 bits per heavy atom. The molecule has 0 aliphatic carbocycles. The number of carbonyl (C=O) groups is 1. The number of ether oxygens (including phenoxy) is 1. The van der Waals surface area contributed by atoms with E-state index in [1.54, 1.807) is 18.2 Å². The lowest BCUT2D eigenvalue weighted by Crippen LogP contribution is -2.07. The average molecular weight is 307 g/mol. The van der Waals surface area contributed by atoms with E-state index in [0.717, 1.165) is 16.9 Å². The van der Waals surface area contributed by atoms with Crippen LogP contribution in [-0.2, 0) is 11.2 Å². The van der Waals surface area contributed by atoms with Gasteiger partial charge in [0.1, 0.15) is 12.4 Å². The molecule has 0 amide bonds. The Bertz CT molecular complexity index is 724. The fourth-order valence-corrected chi connectivity index (χ4v) is 2.16. The van der Waals surface area contributed by atoms with E-state index in [1.807, 2.05) is 6.08 Å². The highest BCUT2D eigenvalue weighted by atomic mass is 35.5. The third kappa shape index (κ3) is 3.05. The number of hydrogen-bond acceptors (Lipinski definition) is 5. The number of benzene rings is 1. The van der Waals surface area contributed by atoms with E-state index in [9.17, 15) is 4.79 Å². The second kappa shape index (κ2) is 5.57. The number of halogens is 1. The van der Waals surface area contributed by atoms with Gasteiger partial charge in [-0.3, -0.25) is 4.79 Å². The van der Waals surface area contributed by atoms with Crippen LogP contribution >= 0.6 is 11.6 Å². The van der Waals surface area contributed by atoms with Crippen LogP contribution in [0.4, 0.5) is 0 Å². The molecule has 1 aliphatic rings. The minimum Gasteiger partial charge on any atom is -0.488 e. The van der Waals surface area contributed by atoms with Crippen LogP contribution < -0.4 is 4.74 Å². The Morgan fingerprint density at radius 3 is 3.10 bits per heavy atom. The van der Waals surface area contributed by atoms with Gasteiger partial charge in [0.2, 0.25) is 11.7 Å². The van der Waals surface area contributed by atoms with Crippen molar-refractivity contribution in [2.24, 2.45) is 0 Å². The van der Waals surface area contributed by atoms with Crippen molar-refractivity contribution in [2.45, 2.75) is 12.8 Å². The normalized spacial score (nSPS) is 13.3. The van der Waals surface area contributed by atoms with Gasteiger partial charge in [0, 0.05) is 22.6 Å². The highest BCUT2D eigenvalue weighted by Gasteiger charge is 2.18. The third-order valence-corrected chi connectivity index (χ3v) is 3.23. The van der Waals surface area contributed by atoms with E-state index < -0.39 is 5.97 Å². The maximum atomic E-state index is 10.5. The number of hydrogen-bond donors (Lipinski definition) is 1. The Balaban J connectivity index is 1.83. The summed E-state index contributed by atoms with van der Waals surface area (Å²) in [7, 11) is 0. The van der Waals surface area contributed by atoms with E-state index in [0.29, 0.717) is 23.3 Å². The molecule has 7 heteroatoms. The molecule has 1 aliphatic heterocycles. The van der Waals surface area contributed by atoms with Gasteiger partial charge in [0.25, 0.3) is 0 Å². The van der Waals surface area contributed by atoms with Crippen LogP contribution in [0, 0.1) is 0 Å². The monoisotopic (exact) mass is 306 g/mol. The van der Waals surface area contributed by atoms with Gasteiger partial charge in [-0.25, -0.2) is 0 Å². The number of aryl methyl sites for hydroxylation is 1.